The third-order valence-corrected chi connectivity index (χ3v) is 6.47. The molecule has 1 aromatic carbocycles. The zero-order chi connectivity index (χ0) is 24.5. The van der Waals surface area contributed by atoms with E-state index in [1.54, 1.807) is 12.1 Å². The first-order valence-corrected chi connectivity index (χ1v) is 11.8. The molecule has 0 aromatic heterocycles. The number of nitrogens with zero attached hydrogens (tertiary/aromatic N) is 2. The van der Waals surface area contributed by atoms with Crippen LogP contribution in [0, 0.1) is 5.92 Å². The zero-order valence-electron chi connectivity index (χ0n) is 21.2. The lowest BCUT2D eigenvalue weighted by atomic mass is 9.87. The highest BCUT2D eigenvalue weighted by Gasteiger charge is 2.38. The van der Waals surface area contributed by atoms with E-state index in [1.165, 1.54) is 30.7 Å². The smallest absolute Gasteiger partial charge is 0.304 e. The maximum absolute atomic E-state index is 12.8. The number of hydrogen-bond donors (Lipinski definition) is 0. The van der Waals surface area contributed by atoms with Gasteiger partial charge in [0.05, 0.1) is 5.56 Å². The van der Waals surface area contributed by atoms with Crippen LogP contribution in [-0.2, 0) is 6.18 Å². The van der Waals surface area contributed by atoms with Gasteiger partial charge in [-0.2, -0.15) is 13.2 Å². The summed E-state index contributed by atoms with van der Waals surface area (Å²) in [6, 6.07) is 6.97. The molecule has 2 rings (SSSR count). The Balaban J connectivity index is 0.000000324. The van der Waals surface area contributed by atoms with Gasteiger partial charge >= 0.3 is 6.18 Å². The third-order valence-electron chi connectivity index (χ3n) is 6.47. The van der Waals surface area contributed by atoms with Gasteiger partial charge in [-0.3, -0.25) is 4.90 Å². The highest BCUT2D eigenvalue weighted by molar-refractivity contribution is 5.34. The van der Waals surface area contributed by atoms with Crippen LogP contribution in [0.5, 0.6) is 0 Å². The Morgan fingerprint density at radius 1 is 1.12 bits per heavy atom. The van der Waals surface area contributed by atoms with Gasteiger partial charge in [-0.1, -0.05) is 48.9 Å². The highest BCUT2D eigenvalue weighted by atomic mass is 19.4. The van der Waals surface area contributed by atoms with Gasteiger partial charge in [0, 0.05) is 31.1 Å². The molecule has 1 unspecified atom stereocenters. The molecule has 0 radical (unpaired) electrons. The van der Waals surface area contributed by atoms with Crippen molar-refractivity contribution >= 4 is 0 Å². The lowest BCUT2D eigenvalue weighted by molar-refractivity contribution is -0.138. The van der Waals surface area contributed by atoms with Crippen LogP contribution in [0.1, 0.15) is 71.9 Å². The first kappa shape index (κ1) is 28.4. The molecule has 182 valence electrons. The van der Waals surface area contributed by atoms with Crippen molar-refractivity contribution in [2.45, 2.75) is 79.1 Å². The normalized spacial score (nSPS) is 17.1. The van der Waals surface area contributed by atoms with Crippen LogP contribution in [0.25, 0.3) is 0 Å². The maximum atomic E-state index is 12.8. The van der Waals surface area contributed by atoms with Crippen molar-refractivity contribution in [3.05, 3.63) is 59.2 Å². The summed E-state index contributed by atoms with van der Waals surface area (Å²) in [6.07, 6.45) is 3.43. The molecule has 1 saturated heterocycles. The standard InChI is InChI=1S/C14H27N.C13H16F3N/c1-7-8-9-13(4)14(5)10-11-15(6)12(2)3;1-9(2)17-7-10(8-17)11-5-3-4-6-12(11)13(14,15)16/h7-9,12,14H,10-11H2,1-6H3;3-6,9-10H,7-8H2,1-2H3/b8-7-,13-9+;. The number of likely N-dealkylation sites (tertiary alicyclic amines) is 1. The molecule has 1 atom stereocenters. The van der Waals surface area contributed by atoms with E-state index in [2.05, 4.69) is 83.5 Å². The quantitative estimate of drug-likeness (QED) is 0.379. The van der Waals surface area contributed by atoms with Crippen LogP contribution >= 0.6 is 0 Å². The Morgan fingerprint density at radius 2 is 1.72 bits per heavy atom. The van der Waals surface area contributed by atoms with Crippen molar-refractivity contribution in [1.29, 1.82) is 0 Å². The van der Waals surface area contributed by atoms with E-state index in [0.717, 1.165) is 13.1 Å². The van der Waals surface area contributed by atoms with Crippen molar-refractivity contribution in [3.63, 3.8) is 0 Å². The van der Waals surface area contributed by atoms with Crippen LogP contribution in [0.4, 0.5) is 13.2 Å². The monoisotopic (exact) mass is 452 g/mol. The van der Waals surface area contributed by atoms with E-state index in [1.807, 2.05) is 0 Å². The van der Waals surface area contributed by atoms with E-state index in [4.69, 9.17) is 0 Å². The summed E-state index contributed by atoms with van der Waals surface area (Å²) in [4.78, 5) is 4.58. The number of benzene rings is 1. The van der Waals surface area contributed by atoms with Gasteiger partial charge in [-0.05, 0) is 79.1 Å². The molecule has 2 nitrogen and oxygen atoms in total. The maximum Gasteiger partial charge on any atom is 0.416 e. The van der Waals surface area contributed by atoms with Crippen molar-refractivity contribution in [2.75, 3.05) is 26.7 Å². The molecule has 0 spiro atoms. The lowest BCUT2D eigenvalue weighted by Crippen LogP contribution is -2.49. The molecule has 0 bridgehead atoms. The molecular formula is C27H43F3N2. The summed E-state index contributed by atoms with van der Waals surface area (Å²) in [5.74, 6) is 0.706. The molecule has 1 aromatic rings. The first-order chi connectivity index (χ1) is 14.9. The number of halogens is 3. The van der Waals surface area contributed by atoms with E-state index in [9.17, 15) is 13.2 Å². The Labute approximate surface area is 194 Å². The predicted molar refractivity (Wildman–Crippen MR) is 131 cm³/mol. The van der Waals surface area contributed by atoms with Gasteiger partial charge in [0.25, 0.3) is 0 Å². The van der Waals surface area contributed by atoms with E-state index in [0.29, 0.717) is 23.6 Å². The molecule has 1 fully saturated rings. The lowest BCUT2D eigenvalue weighted by Gasteiger charge is -2.43. The van der Waals surface area contributed by atoms with Crippen LogP contribution in [0.3, 0.4) is 0 Å². The zero-order valence-corrected chi connectivity index (χ0v) is 21.2. The Hall–Kier alpha value is -1.59. The average Bonchev–Trinajstić information content (AvgIpc) is 2.68. The number of rotatable bonds is 8. The Morgan fingerprint density at radius 3 is 2.22 bits per heavy atom. The molecular weight excluding hydrogens is 409 g/mol. The largest absolute Gasteiger partial charge is 0.416 e. The fourth-order valence-corrected chi connectivity index (χ4v) is 3.54. The van der Waals surface area contributed by atoms with Crippen LogP contribution < -0.4 is 0 Å². The predicted octanol–water partition coefficient (Wildman–Crippen LogP) is 7.39. The topological polar surface area (TPSA) is 6.48 Å². The van der Waals surface area contributed by atoms with Crippen molar-refractivity contribution in [1.82, 2.24) is 9.80 Å². The second-order valence-electron chi connectivity index (χ2n) is 9.53. The second kappa shape index (κ2) is 13.2. The minimum absolute atomic E-state index is 0.0234. The molecule has 0 saturated carbocycles. The fourth-order valence-electron chi connectivity index (χ4n) is 3.54. The van der Waals surface area contributed by atoms with Gasteiger partial charge in [0.1, 0.15) is 0 Å². The van der Waals surface area contributed by atoms with E-state index >= 15 is 0 Å². The van der Waals surface area contributed by atoms with Crippen LogP contribution in [0.2, 0.25) is 0 Å². The molecule has 0 N–H and O–H groups in total. The van der Waals surface area contributed by atoms with Crippen LogP contribution in [-0.4, -0.2) is 48.6 Å². The van der Waals surface area contributed by atoms with Crippen LogP contribution in [0.15, 0.2) is 48.1 Å². The molecule has 1 heterocycles. The summed E-state index contributed by atoms with van der Waals surface area (Å²) in [5, 5.41) is 0. The number of allylic oxidation sites excluding steroid dienone is 4. The number of hydrogen-bond acceptors (Lipinski definition) is 2. The number of alkyl halides is 3. The van der Waals surface area contributed by atoms with E-state index in [-0.39, 0.29) is 5.92 Å². The summed E-state index contributed by atoms with van der Waals surface area (Å²) in [5.41, 5.74) is 1.44. The SMILES string of the molecule is C/C=C\C=C(/C)C(C)CCN(C)C(C)C.CC(C)N1CC(c2ccccc2C(F)(F)F)C1. The van der Waals surface area contributed by atoms with Gasteiger partial charge in [-0.15, -0.1) is 0 Å². The van der Waals surface area contributed by atoms with Gasteiger partial charge in [-0.25, -0.2) is 0 Å². The van der Waals surface area contributed by atoms with Gasteiger partial charge in [0.2, 0.25) is 0 Å². The summed E-state index contributed by atoms with van der Waals surface area (Å²) in [7, 11) is 2.20. The van der Waals surface area contributed by atoms with Crippen molar-refractivity contribution in [2.24, 2.45) is 5.92 Å². The summed E-state index contributed by atoms with van der Waals surface area (Å²) in [6.45, 7) is 17.8. The van der Waals surface area contributed by atoms with Crippen molar-refractivity contribution in [3.8, 4) is 0 Å². The first-order valence-electron chi connectivity index (χ1n) is 11.8. The Kier molecular flexibility index (Phi) is 11.7. The van der Waals surface area contributed by atoms with Gasteiger partial charge in [0.15, 0.2) is 0 Å². The molecule has 32 heavy (non-hydrogen) atoms. The average molecular weight is 453 g/mol. The molecule has 5 heteroatoms. The minimum Gasteiger partial charge on any atom is -0.304 e. The molecule has 1 aliphatic rings. The second-order valence-corrected chi connectivity index (χ2v) is 9.53. The summed E-state index contributed by atoms with van der Waals surface area (Å²) >= 11 is 0. The molecule has 1 aliphatic heterocycles. The summed E-state index contributed by atoms with van der Waals surface area (Å²) < 4.78 is 38.4. The fraction of sp³-hybridized carbons (Fsp3) is 0.630. The van der Waals surface area contributed by atoms with Gasteiger partial charge < -0.3 is 4.90 Å². The minimum atomic E-state index is -4.24. The van der Waals surface area contributed by atoms with Crippen molar-refractivity contribution < 1.29 is 13.2 Å². The Bertz CT molecular complexity index is 729. The molecule has 0 aliphatic carbocycles. The third kappa shape index (κ3) is 9.11. The molecule has 0 amide bonds. The highest BCUT2D eigenvalue weighted by Crippen LogP contribution is 2.38. The van der Waals surface area contributed by atoms with E-state index < -0.39 is 11.7 Å².